The first-order valence-corrected chi connectivity index (χ1v) is 8.11. The van der Waals surface area contributed by atoms with Gasteiger partial charge < -0.3 is 15.1 Å². The van der Waals surface area contributed by atoms with Crippen LogP contribution in [0.1, 0.15) is 6.42 Å². The first kappa shape index (κ1) is 16.0. The third-order valence-electron chi connectivity index (χ3n) is 3.73. The predicted octanol–water partition coefficient (Wildman–Crippen LogP) is -0.968. The summed E-state index contributed by atoms with van der Waals surface area (Å²) in [6.45, 7) is 6.11. The average Bonchev–Trinajstić information content (AvgIpc) is 2.52. The molecule has 21 heavy (non-hydrogen) atoms. The standard InChI is InChI=1S/C15H25N5S/c1-18(2)9-5-8-17-15(21)20-12-10-19(11-13-20)14-6-3-4-7-16-14/h3-4,6-7H,5,8-13H2,1-2H3,(H,17,21)/p+2. The second-order valence-electron chi connectivity index (χ2n) is 5.76. The fraction of sp³-hybridized carbons (Fsp3) is 0.600. The highest BCUT2D eigenvalue weighted by atomic mass is 32.1. The van der Waals surface area contributed by atoms with E-state index in [9.17, 15) is 0 Å². The van der Waals surface area contributed by atoms with Gasteiger partial charge in [-0.1, -0.05) is 6.07 Å². The lowest BCUT2D eigenvalue weighted by atomic mass is 10.3. The van der Waals surface area contributed by atoms with Crippen LogP contribution in [0.2, 0.25) is 0 Å². The highest BCUT2D eigenvalue weighted by Gasteiger charge is 2.24. The third kappa shape index (κ3) is 5.13. The molecule has 1 fully saturated rings. The van der Waals surface area contributed by atoms with E-state index in [1.165, 1.54) is 17.3 Å². The summed E-state index contributed by atoms with van der Waals surface area (Å²) in [4.78, 5) is 9.42. The van der Waals surface area contributed by atoms with Gasteiger partial charge in [0.2, 0.25) is 0 Å². The average molecular weight is 309 g/mol. The summed E-state index contributed by atoms with van der Waals surface area (Å²) in [5, 5.41) is 4.28. The van der Waals surface area contributed by atoms with Crippen molar-refractivity contribution in [3.8, 4) is 0 Å². The zero-order chi connectivity index (χ0) is 15.1. The van der Waals surface area contributed by atoms with E-state index in [0.29, 0.717) is 0 Å². The molecule has 0 spiro atoms. The van der Waals surface area contributed by atoms with E-state index < -0.39 is 0 Å². The molecule has 3 N–H and O–H groups in total. The fourth-order valence-corrected chi connectivity index (χ4v) is 2.76. The van der Waals surface area contributed by atoms with Crippen molar-refractivity contribution < 1.29 is 9.88 Å². The summed E-state index contributed by atoms with van der Waals surface area (Å²) in [7, 11) is 4.36. The van der Waals surface area contributed by atoms with Gasteiger partial charge in [-0.05, 0) is 18.3 Å². The van der Waals surface area contributed by atoms with Gasteiger partial charge >= 0.3 is 0 Å². The highest BCUT2D eigenvalue weighted by molar-refractivity contribution is 7.80. The van der Waals surface area contributed by atoms with Crippen LogP contribution in [-0.2, 0) is 0 Å². The number of pyridine rings is 1. The number of nitrogens with zero attached hydrogens (tertiary/aromatic N) is 2. The van der Waals surface area contributed by atoms with Gasteiger partial charge in [-0.3, -0.25) is 4.90 Å². The largest absolute Gasteiger partial charge is 0.362 e. The molecule has 0 aliphatic carbocycles. The van der Waals surface area contributed by atoms with Crippen LogP contribution in [0, 0.1) is 0 Å². The molecule has 6 heteroatoms. The maximum atomic E-state index is 5.49. The summed E-state index contributed by atoms with van der Waals surface area (Å²) >= 11 is 5.49. The lowest BCUT2D eigenvalue weighted by Gasteiger charge is -2.32. The van der Waals surface area contributed by atoms with E-state index in [2.05, 4.69) is 46.3 Å². The van der Waals surface area contributed by atoms with Crippen molar-refractivity contribution >= 4 is 23.1 Å². The Labute approximate surface area is 132 Å². The third-order valence-corrected chi connectivity index (χ3v) is 4.13. The van der Waals surface area contributed by atoms with Crippen molar-refractivity contribution in [1.29, 1.82) is 0 Å². The molecular weight excluding hydrogens is 282 g/mol. The van der Waals surface area contributed by atoms with E-state index in [1.807, 2.05) is 12.3 Å². The monoisotopic (exact) mass is 309 g/mol. The number of H-pyrrole nitrogens is 1. The molecule has 1 saturated heterocycles. The molecule has 2 heterocycles. The van der Waals surface area contributed by atoms with E-state index >= 15 is 0 Å². The Balaban J connectivity index is 1.70. The predicted molar refractivity (Wildman–Crippen MR) is 89.7 cm³/mol. The second kappa shape index (κ2) is 8.14. The number of rotatable bonds is 5. The summed E-state index contributed by atoms with van der Waals surface area (Å²) in [5.74, 6) is 1.19. The van der Waals surface area contributed by atoms with Gasteiger partial charge in [0.15, 0.2) is 5.11 Å². The molecule has 1 aliphatic heterocycles. The minimum atomic E-state index is 0.903. The van der Waals surface area contributed by atoms with Crippen molar-refractivity contribution in [2.45, 2.75) is 6.42 Å². The Kier molecular flexibility index (Phi) is 6.20. The first-order chi connectivity index (χ1) is 10.2. The van der Waals surface area contributed by atoms with E-state index in [4.69, 9.17) is 12.2 Å². The number of thiocarbonyl (C=S) groups is 1. The molecule has 0 atom stereocenters. The molecule has 0 amide bonds. The van der Waals surface area contributed by atoms with E-state index in [0.717, 1.165) is 44.3 Å². The maximum Gasteiger partial charge on any atom is 0.274 e. The van der Waals surface area contributed by atoms with Crippen molar-refractivity contribution in [2.24, 2.45) is 0 Å². The van der Waals surface area contributed by atoms with Gasteiger partial charge in [0.05, 0.1) is 39.9 Å². The Morgan fingerprint density at radius 1 is 1.29 bits per heavy atom. The van der Waals surface area contributed by atoms with Crippen LogP contribution in [0.4, 0.5) is 5.82 Å². The fourth-order valence-electron chi connectivity index (χ4n) is 2.48. The number of anilines is 1. The van der Waals surface area contributed by atoms with Crippen LogP contribution in [0.3, 0.4) is 0 Å². The molecule has 2 rings (SSSR count). The number of piperazine rings is 1. The van der Waals surface area contributed by atoms with Crippen LogP contribution < -0.4 is 20.1 Å². The zero-order valence-electron chi connectivity index (χ0n) is 13.1. The molecule has 1 aliphatic rings. The lowest BCUT2D eigenvalue weighted by molar-refractivity contribution is -0.858. The van der Waals surface area contributed by atoms with Crippen LogP contribution >= 0.6 is 12.2 Å². The lowest BCUT2D eigenvalue weighted by Crippen LogP contribution is -3.05. The molecule has 0 radical (unpaired) electrons. The number of quaternary nitrogens is 1. The minimum Gasteiger partial charge on any atom is -0.362 e. The Bertz CT molecular complexity index is 429. The van der Waals surface area contributed by atoms with Gasteiger partial charge in [-0.25, -0.2) is 4.98 Å². The number of aromatic amines is 1. The van der Waals surface area contributed by atoms with Crippen LogP contribution in [-0.4, -0.2) is 63.4 Å². The molecule has 0 unspecified atom stereocenters. The number of hydrogen-bond donors (Lipinski definition) is 2. The molecule has 0 saturated carbocycles. The maximum absolute atomic E-state index is 5.49. The van der Waals surface area contributed by atoms with Crippen LogP contribution in [0.25, 0.3) is 0 Å². The normalized spacial score (nSPS) is 15.4. The molecule has 0 bridgehead atoms. The second-order valence-corrected chi connectivity index (χ2v) is 6.15. The van der Waals surface area contributed by atoms with Crippen LogP contribution in [0.15, 0.2) is 24.4 Å². The molecule has 5 nitrogen and oxygen atoms in total. The van der Waals surface area contributed by atoms with Gasteiger partial charge in [0.25, 0.3) is 5.82 Å². The quantitative estimate of drug-likeness (QED) is 0.542. The topological polar surface area (TPSA) is 37.1 Å². The van der Waals surface area contributed by atoms with E-state index in [-0.39, 0.29) is 0 Å². The SMILES string of the molecule is C[NH+](C)CCCNC(=S)N1CCN(c2cccc[nH+]2)CC1. The van der Waals surface area contributed by atoms with Gasteiger partial charge in [-0.15, -0.1) is 0 Å². The number of hydrogen-bond acceptors (Lipinski definition) is 2. The van der Waals surface area contributed by atoms with Crippen molar-refractivity contribution in [2.75, 3.05) is 58.3 Å². The highest BCUT2D eigenvalue weighted by Crippen LogP contribution is 2.09. The Morgan fingerprint density at radius 3 is 2.67 bits per heavy atom. The number of aromatic nitrogens is 1. The van der Waals surface area contributed by atoms with Gasteiger partial charge in [0, 0.05) is 19.0 Å². The molecule has 1 aromatic heterocycles. The first-order valence-electron chi connectivity index (χ1n) is 7.70. The van der Waals surface area contributed by atoms with Gasteiger partial charge in [0.1, 0.15) is 13.1 Å². The molecular formula is C15H27N5S+2. The van der Waals surface area contributed by atoms with E-state index in [1.54, 1.807) is 0 Å². The smallest absolute Gasteiger partial charge is 0.274 e. The van der Waals surface area contributed by atoms with Crippen molar-refractivity contribution in [1.82, 2.24) is 10.2 Å². The molecule has 116 valence electrons. The summed E-state index contributed by atoms with van der Waals surface area (Å²) in [5.41, 5.74) is 0. The zero-order valence-corrected chi connectivity index (χ0v) is 13.9. The van der Waals surface area contributed by atoms with Crippen molar-refractivity contribution in [3.05, 3.63) is 24.4 Å². The minimum absolute atomic E-state index is 0.903. The molecule has 0 aromatic carbocycles. The summed E-state index contributed by atoms with van der Waals surface area (Å²) in [6, 6.07) is 6.20. The van der Waals surface area contributed by atoms with Crippen LogP contribution in [0.5, 0.6) is 0 Å². The van der Waals surface area contributed by atoms with Gasteiger partial charge in [-0.2, -0.15) is 0 Å². The number of nitrogens with one attached hydrogen (secondary N) is 3. The Morgan fingerprint density at radius 2 is 2.05 bits per heavy atom. The Hall–Kier alpha value is -1.40. The van der Waals surface area contributed by atoms with Crippen molar-refractivity contribution in [3.63, 3.8) is 0 Å². The molecule has 1 aromatic rings. The summed E-state index contributed by atoms with van der Waals surface area (Å²) in [6.07, 6.45) is 3.13. The summed E-state index contributed by atoms with van der Waals surface area (Å²) < 4.78 is 0.